The molecule has 20 heavy (non-hydrogen) atoms. The van der Waals surface area contributed by atoms with E-state index < -0.39 is 0 Å². The number of benzene rings is 1. The molecule has 0 aliphatic carbocycles. The molecule has 0 saturated carbocycles. The number of amidine groups is 1. The van der Waals surface area contributed by atoms with Gasteiger partial charge in [-0.2, -0.15) is 5.10 Å². The number of nitrogens with zero attached hydrogens (tertiary/aromatic N) is 3. The minimum atomic E-state index is 0.190. The standard InChI is InChI=1S/C14H18N4O2/c1-18-12(6-8-16-18)7-9-20-13-4-2-11(3-5-13)10-14(15)17-19/h2-6,8,19H,7,9-10H2,1H3,(H2,15,17). The lowest BCUT2D eigenvalue weighted by Crippen LogP contribution is -2.14. The highest BCUT2D eigenvalue weighted by molar-refractivity contribution is 5.82. The molecule has 0 fully saturated rings. The summed E-state index contributed by atoms with van der Waals surface area (Å²) in [6.45, 7) is 0.596. The molecule has 0 saturated heterocycles. The lowest BCUT2D eigenvalue weighted by molar-refractivity contribution is 0.317. The van der Waals surface area contributed by atoms with Crippen molar-refractivity contribution in [3.63, 3.8) is 0 Å². The monoisotopic (exact) mass is 274 g/mol. The van der Waals surface area contributed by atoms with E-state index >= 15 is 0 Å². The maximum absolute atomic E-state index is 8.51. The number of aromatic nitrogens is 2. The molecule has 0 aliphatic rings. The molecule has 0 amide bonds. The third-order valence-electron chi connectivity index (χ3n) is 2.99. The molecule has 106 valence electrons. The summed E-state index contributed by atoms with van der Waals surface area (Å²) >= 11 is 0. The van der Waals surface area contributed by atoms with Crippen LogP contribution in [0, 0.1) is 0 Å². The van der Waals surface area contributed by atoms with E-state index in [4.69, 9.17) is 15.7 Å². The quantitative estimate of drug-likeness (QED) is 0.360. The maximum atomic E-state index is 8.51. The van der Waals surface area contributed by atoms with Gasteiger partial charge in [-0.05, 0) is 23.8 Å². The Labute approximate surface area is 117 Å². The van der Waals surface area contributed by atoms with Gasteiger partial charge in [-0.1, -0.05) is 17.3 Å². The van der Waals surface area contributed by atoms with Crippen molar-refractivity contribution in [3.8, 4) is 5.75 Å². The van der Waals surface area contributed by atoms with Gasteiger partial charge in [0, 0.05) is 31.8 Å². The van der Waals surface area contributed by atoms with Gasteiger partial charge in [-0.25, -0.2) is 0 Å². The number of hydrogen-bond donors (Lipinski definition) is 2. The van der Waals surface area contributed by atoms with Gasteiger partial charge in [-0.3, -0.25) is 4.68 Å². The Bertz CT molecular complexity index is 575. The van der Waals surface area contributed by atoms with Crippen molar-refractivity contribution in [2.45, 2.75) is 12.8 Å². The zero-order chi connectivity index (χ0) is 14.4. The first-order chi connectivity index (χ1) is 9.69. The Kier molecular flexibility index (Phi) is 4.60. The summed E-state index contributed by atoms with van der Waals surface area (Å²) in [5, 5.41) is 15.6. The summed E-state index contributed by atoms with van der Waals surface area (Å²) < 4.78 is 7.51. The van der Waals surface area contributed by atoms with Gasteiger partial charge in [0.25, 0.3) is 0 Å². The van der Waals surface area contributed by atoms with E-state index in [1.807, 2.05) is 42.1 Å². The lowest BCUT2D eigenvalue weighted by atomic mass is 10.1. The van der Waals surface area contributed by atoms with Gasteiger partial charge in [-0.15, -0.1) is 0 Å². The summed E-state index contributed by atoms with van der Waals surface area (Å²) in [6.07, 6.45) is 3.01. The zero-order valence-corrected chi connectivity index (χ0v) is 11.4. The molecule has 1 aromatic carbocycles. The first-order valence-corrected chi connectivity index (χ1v) is 6.34. The molecular weight excluding hydrogens is 256 g/mol. The molecule has 2 rings (SSSR count). The highest BCUT2D eigenvalue weighted by Crippen LogP contribution is 2.13. The van der Waals surface area contributed by atoms with Crippen molar-refractivity contribution in [1.29, 1.82) is 0 Å². The Morgan fingerprint density at radius 2 is 2.10 bits per heavy atom. The van der Waals surface area contributed by atoms with Crippen LogP contribution >= 0.6 is 0 Å². The zero-order valence-electron chi connectivity index (χ0n) is 11.4. The molecule has 2 aromatic rings. The van der Waals surface area contributed by atoms with Crippen LogP contribution in [0.4, 0.5) is 0 Å². The van der Waals surface area contributed by atoms with Gasteiger partial charge in [0.2, 0.25) is 0 Å². The maximum Gasteiger partial charge on any atom is 0.143 e. The Morgan fingerprint density at radius 1 is 1.35 bits per heavy atom. The SMILES string of the molecule is Cn1nccc1CCOc1ccc(C/C(N)=N/O)cc1. The molecular formula is C14H18N4O2. The van der Waals surface area contributed by atoms with Gasteiger partial charge >= 0.3 is 0 Å². The summed E-state index contributed by atoms with van der Waals surface area (Å²) in [7, 11) is 1.91. The van der Waals surface area contributed by atoms with E-state index in [1.54, 1.807) is 6.20 Å². The molecule has 0 radical (unpaired) electrons. The van der Waals surface area contributed by atoms with Gasteiger partial charge in [0.1, 0.15) is 11.6 Å². The topological polar surface area (TPSA) is 85.7 Å². The first-order valence-electron chi connectivity index (χ1n) is 6.34. The number of nitrogens with two attached hydrogens (primary N) is 1. The average Bonchev–Trinajstić information content (AvgIpc) is 2.86. The first kappa shape index (κ1) is 13.9. The largest absolute Gasteiger partial charge is 0.493 e. The van der Waals surface area contributed by atoms with Crippen LogP contribution in [0.2, 0.25) is 0 Å². The molecule has 3 N–H and O–H groups in total. The van der Waals surface area contributed by atoms with Crippen LogP contribution in [0.1, 0.15) is 11.3 Å². The molecule has 0 bridgehead atoms. The van der Waals surface area contributed by atoms with Crippen LogP contribution in [-0.2, 0) is 19.9 Å². The fourth-order valence-electron chi connectivity index (χ4n) is 1.87. The van der Waals surface area contributed by atoms with E-state index in [0.29, 0.717) is 13.0 Å². The van der Waals surface area contributed by atoms with Crippen molar-refractivity contribution in [2.24, 2.45) is 17.9 Å². The fourth-order valence-corrected chi connectivity index (χ4v) is 1.87. The second-order valence-corrected chi connectivity index (χ2v) is 4.46. The smallest absolute Gasteiger partial charge is 0.143 e. The molecule has 0 unspecified atom stereocenters. The van der Waals surface area contributed by atoms with Crippen molar-refractivity contribution in [1.82, 2.24) is 9.78 Å². The minimum Gasteiger partial charge on any atom is -0.493 e. The molecule has 0 aliphatic heterocycles. The molecule has 1 aromatic heterocycles. The number of oxime groups is 1. The van der Waals surface area contributed by atoms with Crippen LogP contribution in [0.5, 0.6) is 5.75 Å². The second-order valence-electron chi connectivity index (χ2n) is 4.46. The molecule has 6 nitrogen and oxygen atoms in total. The summed E-state index contributed by atoms with van der Waals surface area (Å²) in [5.41, 5.74) is 7.56. The highest BCUT2D eigenvalue weighted by atomic mass is 16.5. The van der Waals surface area contributed by atoms with Crippen molar-refractivity contribution in [3.05, 3.63) is 47.8 Å². The number of hydrogen-bond acceptors (Lipinski definition) is 4. The predicted octanol–water partition coefficient (Wildman–Crippen LogP) is 1.33. The van der Waals surface area contributed by atoms with E-state index in [1.165, 1.54) is 0 Å². The highest BCUT2D eigenvalue weighted by Gasteiger charge is 2.01. The average molecular weight is 274 g/mol. The van der Waals surface area contributed by atoms with E-state index in [-0.39, 0.29) is 5.84 Å². The van der Waals surface area contributed by atoms with Crippen molar-refractivity contribution >= 4 is 5.84 Å². The van der Waals surface area contributed by atoms with E-state index in [2.05, 4.69) is 10.3 Å². The Hall–Kier alpha value is -2.50. The number of ether oxygens (including phenoxy) is 1. The normalized spacial score (nSPS) is 11.6. The molecule has 1 heterocycles. The van der Waals surface area contributed by atoms with Gasteiger partial charge < -0.3 is 15.7 Å². The minimum absolute atomic E-state index is 0.190. The van der Waals surface area contributed by atoms with E-state index in [9.17, 15) is 0 Å². The lowest BCUT2D eigenvalue weighted by Gasteiger charge is -2.07. The van der Waals surface area contributed by atoms with Crippen LogP contribution in [0.15, 0.2) is 41.7 Å². The van der Waals surface area contributed by atoms with E-state index in [0.717, 1.165) is 23.4 Å². The third kappa shape index (κ3) is 3.74. The molecule has 0 atom stereocenters. The van der Waals surface area contributed by atoms with Crippen LogP contribution in [0.25, 0.3) is 0 Å². The Morgan fingerprint density at radius 3 is 2.70 bits per heavy atom. The summed E-state index contributed by atoms with van der Waals surface area (Å²) in [6, 6.07) is 9.53. The summed E-state index contributed by atoms with van der Waals surface area (Å²) in [4.78, 5) is 0. The van der Waals surface area contributed by atoms with Crippen LogP contribution in [0.3, 0.4) is 0 Å². The van der Waals surface area contributed by atoms with Crippen molar-refractivity contribution in [2.75, 3.05) is 6.61 Å². The van der Waals surface area contributed by atoms with Gasteiger partial charge in [0.05, 0.1) is 6.61 Å². The summed E-state index contributed by atoms with van der Waals surface area (Å²) in [5.74, 6) is 0.991. The van der Waals surface area contributed by atoms with Crippen LogP contribution in [-0.4, -0.2) is 27.4 Å². The number of aryl methyl sites for hydroxylation is 1. The van der Waals surface area contributed by atoms with Crippen LogP contribution < -0.4 is 10.5 Å². The molecule has 6 heteroatoms. The number of rotatable bonds is 6. The van der Waals surface area contributed by atoms with Gasteiger partial charge in [0.15, 0.2) is 0 Å². The predicted molar refractivity (Wildman–Crippen MR) is 76.0 cm³/mol. The Balaban J connectivity index is 1.83. The third-order valence-corrected chi connectivity index (χ3v) is 2.99. The van der Waals surface area contributed by atoms with Crippen molar-refractivity contribution < 1.29 is 9.94 Å². The molecule has 0 spiro atoms. The second kappa shape index (κ2) is 6.60. The fraction of sp³-hybridized carbons (Fsp3) is 0.286.